The second-order valence-electron chi connectivity index (χ2n) is 9.64. The average Bonchev–Trinajstić information content (AvgIpc) is 3.40. The zero-order valence-electron chi connectivity index (χ0n) is 20.9. The third kappa shape index (κ3) is 3.55. The molecule has 0 unspecified atom stereocenters. The zero-order valence-corrected chi connectivity index (χ0v) is 20.9. The molecule has 5 heteroatoms. The van der Waals surface area contributed by atoms with Crippen molar-refractivity contribution in [3.8, 4) is 33.9 Å². The van der Waals surface area contributed by atoms with Gasteiger partial charge in [-0.3, -0.25) is 14.4 Å². The van der Waals surface area contributed by atoms with Crippen molar-refractivity contribution in [2.75, 3.05) is 0 Å². The molecule has 182 valence electrons. The van der Waals surface area contributed by atoms with Gasteiger partial charge in [0.15, 0.2) is 0 Å². The molecule has 8 rings (SSSR count). The van der Waals surface area contributed by atoms with Gasteiger partial charge in [0.2, 0.25) is 0 Å². The van der Waals surface area contributed by atoms with Gasteiger partial charge in [-0.05, 0) is 35.7 Å². The SMILES string of the molecule is c1ccc2cc(-c3nc4ccccn4c3-c3ccc(-c4ccc5ccc6cccnc6c5n4)cc3)ncc2c1. The Morgan fingerprint density at radius 1 is 0.513 bits per heavy atom. The molecule has 0 N–H and O–H groups in total. The number of imidazole rings is 1. The van der Waals surface area contributed by atoms with Crippen molar-refractivity contribution >= 4 is 38.2 Å². The Balaban J connectivity index is 1.26. The molecule has 0 amide bonds. The summed E-state index contributed by atoms with van der Waals surface area (Å²) in [5.74, 6) is 0. The normalized spacial score (nSPS) is 11.6. The summed E-state index contributed by atoms with van der Waals surface area (Å²) in [7, 11) is 0. The van der Waals surface area contributed by atoms with Gasteiger partial charge in [0, 0.05) is 45.9 Å². The van der Waals surface area contributed by atoms with Crippen molar-refractivity contribution in [2.45, 2.75) is 0 Å². The number of fused-ring (bicyclic) bond motifs is 5. The monoisotopic (exact) mass is 499 g/mol. The highest BCUT2D eigenvalue weighted by molar-refractivity contribution is 6.03. The minimum atomic E-state index is 0.854. The molecule has 0 aliphatic heterocycles. The van der Waals surface area contributed by atoms with Crippen molar-refractivity contribution in [1.29, 1.82) is 0 Å². The Bertz CT molecular complexity index is 2180. The Morgan fingerprint density at radius 3 is 2.15 bits per heavy atom. The third-order valence-corrected chi connectivity index (χ3v) is 7.29. The number of benzene rings is 3. The molecular weight excluding hydrogens is 478 g/mol. The molecule has 0 aliphatic rings. The predicted molar refractivity (Wildman–Crippen MR) is 157 cm³/mol. The van der Waals surface area contributed by atoms with E-state index in [9.17, 15) is 0 Å². The second-order valence-corrected chi connectivity index (χ2v) is 9.64. The molecule has 0 saturated heterocycles. The summed E-state index contributed by atoms with van der Waals surface area (Å²) in [5, 5.41) is 4.43. The maximum atomic E-state index is 5.02. The Hall–Kier alpha value is -5.42. The first-order chi connectivity index (χ1) is 19.3. The van der Waals surface area contributed by atoms with Crippen molar-refractivity contribution in [1.82, 2.24) is 24.3 Å². The molecule has 0 radical (unpaired) electrons. The van der Waals surface area contributed by atoms with E-state index in [0.29, 0.717) is 0 Å². The topological polar surface area (TPSA) is 56.0 Å². The van der Waals surface area contributed by atoms with Crippen LogP contribution in [-0.2, 0) is 0 Å². The number of hydrogen-bond acceptors (Lipinski definition) is 4. The molecule has 0 fully saturated rings. The maximum Gasteiger partial charge on any atom is 0.138 e. The quantitative estimate of drug-likeness (QED) is 0.231. The van der Waals surface area contributed by atoms with Gasteiger partial charge in [-0.25, -0.2) is 9.97 Å². The van der Waals surface area contributed by atoms with E-state index in [4.69, 9.17) is 15.0 Å². The van der Waals surface area contributed by atoms with E-state index in [1.54, 1.807) is 0 Å². The van der Waals surface area contributed by atoms with E-state index in [-0.39, 0.29) is 0 Å². The molecule has 0 atom stereocenters. The summed E-state index contributed by atoms with van der Waals surface area (Å²) >= 11 is 0. The van der Waals surface area contributed by atoms with Crippen LogP contribution in [0.5, 0.6) is 0 Å². The van der Waals surface area contributed by atoms with Gasteiger partial charge in [-0.1, -0.05) is 78.9 Å². The summed E-state index contributed by atoms with van der Waals surface area (Å²) in [6, 6.07) is 37.4. The second kappa shape index (κ2) is 8.57. The fourth-order valence-corrected chi connectivity index (χ4v) is 5.35. The van der Waals surface area contributed by atoms with Crippen LogP contribution in [0.4, 0.5) is 0 Å². The van der Waals surface area contributed by atoms with Crippen LogP contribution in [0.1, 0.15) is 0 Å². The highest BCUT2D eigenvalue weighted by Gasteiger charge is 2.17. The van der Waals surface area contributed by atoms with Crippen molar-refractivity contribution in [2.24, 2.45) is 0 Å². The summed E-state index contributed by atoms with van der Waals surface area (Å²) < 4.78 is 2.13. The number of rotatable bonds is 3. The molecule has 39 heavy (non-hydrogen) atoms. The largest absolute Gasteiger partial charge is 0.299 e. The lowest BCUT2D eigenvalue weighted by atomic mass is 10.0. The number of pyridine rings is 4. The molecule has 0 saturated carbocycles. The van der Waals surface area contributed by atoms with Crippen LogP contribution in [0.15, 0.2) is 128 Å². The Morgan fingerprint density at radius 2 is 1.26 bits per heavy atom. The lowest BCUT2D eigenvalue weighted by molar-refractivity contribution is 1.19. The first kappa shape index (κ1) is 21.6. The number of hydrogen-bond donors (Lipinski definition) is 0. The molecule has 0 bridgehead atoms. The standard InChI is InChI=1S/C34H21N5/c1-2-7-27-21-36-29(20-26(27)6-1)33-34(39-19-4-3-9-30(39)38-33)25-14-10-22(11-15-25)28-17-16-24-13-12-23-8-5-18-35-31(23)32(24)37-28/h1-21H. The van der Waals surface area contributed by atoms with Crippen LogP contribution in [0.25, 0.3) is 72.1 Å². The van der Waals surface area contributed by atoms with E-state index in [1.807, 2.05) is 42.7 Å². The van der Waals surface area contributed by atoms with Crippen LogP contribution in [-0.4, -0.2) is 24.3 Å². The molecule has 5 heterocycles. The Labute approximate surface area is 224 Å². The van der Waals surface area contributed by atoms with Crippen LogP contribution < -0.4 is 0 Å². The Kier molecular flexibility index (Phi) is 4.76. The highest BCUT2D eigenvalue weighted by Crippen LogP contribution is 2.34. The van der Waals surface area contributed by atoms with Gasteiger partial charge in [0.05, 0.1) is 28.1 Å². The summed E-state index contributed by atoms with van der Waals surface area (Å²) in [6.45, 7) is 0. The van der Waals surface area contributed by atoms with Gasteiger partial charge in [0.25, 0.3) is 0 Å². The van der Waals surface area contributed by atoms with E-state index >= 15 is 0 Å². The fourth-order valence-electron chi connectivity index (χ4n) is 5.35. The van der Waals surface area contributed by atoms with Crippen molar-refractivity contribution in [3.63, 3.8) is 0 Å². The number of aromatic nitrogens is 5. The van der Waals surface area contributed by atoms with Crippen LogP contribution in [0.2, 0.25) is 0 Å². The average molecular weight is 500 g/mol. The predicted octanol–water partition coefficient (Wildman–Crippen LogP) is 7.98. The molecule has 8 aromatic rings. The minimum absolute atomic E-state index is 0.854. The zero-order chi connectivity index (χ0) is 25.8. The first-order valence-corrected chi connectivity index (χ1v) is 12.9. The van der Waals surface area contributed by atoms with Crippen LogP contribution in [0.3, 0.4) is 0 Å². The molecular formula is C34H21N5. The summed E-state index contributed by atoms with van der Waals surface area (Å²) in [4.78, 5) is 19.4. The van der Waals surface area contributed by atoms with E-state index in [0.717, 1.165) is 72.1 Å². The maximum absolute atomic E-state index is 5.02. The van der Waals surface area contributed by atoms with Gasteiger partial charge in [0.1, 0.15) is 11.3 Å². The van der Waals surface area contributed by atoms with Crippen LogP contribution in [0, 0.1) is 0 Å². The highest BCUT2D eigenvalue weighted by atomic mass is 15.0. The smallest absolute Gasteiger partial charge is 0.138 e. The number of nitrogens with zero attached hydrogens (tertiary/aromatic N) is 5. The molecule has 5 nitrogen and oxygen atoms in total. The van der Waals surface area contributed by atoms with Crippen molar-refractivity contribution in [3.05, 3.63) is 128 Å². The molecule has 0 aliphatic carbocycles. The van der Waals surface area contributed by atoms with Gasteiger partial charge < -0.3 is 0 Å². The van der Waals surface area contributed by atoms with Crippen molar-refractivity contribution < 1.29 is 0 Å². The minimum Gasteiger partial charge on any atom is -0.299 e. The summed E-state index contributed by atoms with van der Waals surface area (Å²) in [6.07, 6.45) is 5.80. The van der Waals surface area contributed by atoms with Gasteiger partial charge in [-0.2, -0.15) is 0 Å². The molecule has 3 aromatic carbocycles. The third-order valence-electron chi connectivity index (χ3n) is 7.29. The van der Waals surface area contributed by atoms with E-state index in [1.165, 1.54) is 0 Å². The van der Waals surface area contributed by atoms with E-state index in [2.05, 4.69) is 94.4 Å². The fraction of sp³-hybridized carbons (Fsp3) is 0. The summed E-state index contributed by atoms with van der Waals surface area (Å²) in [5.41, 5.74) is 8.49. The lowest BCUT2D eigenvalue weighted by Crippen LogP contribution is -1.92. The molecule has 0 spiro atoms. The van der Waals surface area contributed by atoms with Gasteiger partial charge in [-0.15, -0.1) is 0 Å². The lowest BCUT2D eigenvalue weighted by Gasteiger charge is -2.09. The molecule has 5 aromatic heterocycles. The van der Waals surface area contributed by atoms with Crippen LogP contribution >= 0.6 is 0 Å². The van der Waals surface area contributed by atoms with Gasteiger partial charge >= 0.3 is 0 Å². The first-order valence-electron chi connectivity index (χ1n) is 12.9. The van der Waals surface area contributed by atoms with E-state index < -0.39 is 0 Å².